The molecule has 2 aliphatic rings. The smallest absolute Gasteiger partial charge is 0.342 e. The summed E-state index contributed by atoms with van der Waals surface area (Å²) in [6.45, 7) is 2.41. The van der Waals surface area contributed by atoms with Gasteiger partial charge in [0.1, 0.15) is 5.56 Å². The minimum atomic E-state index is -0.600. The van der Waals surface area contributed by atoms with Gasteiger partial charge in [0, 0.05) is 31.8 Å². The molecule has 2 aromatic rings. The summed E-state index contributed by atoms with van der Waals surface area (Å²) in [6, 6.07) is 5.02. The fourth-order valence-corrected chi connectivity index (χ4v) is 3.51. The van der Waals surface area contributed by atoms with Gasteiger partial charge in [0.2, 0.25) is 12.7 Å². The molecule has 0 spiro atoms. The van der Waals surface area contributed by atoms with Gasteiger partial charge in [-0.1, -0.05) is 0 Å². The molecule has 10 nitrogen and oxygen atoms in total. The van der Waals surface area contributed by atoms with Gasteiger partial charge in [0.15, 0.2) is 18.1 Å². The molecule has 0 fully saturated rings. The van der Waals surface area contributed by atoms with E-state index < -0.39 is 18.5 Å². The number of nitrogens with zero attached hydrogens (tertiary/aromatic N) is 2. The lowest BCUT2D eigenvalue weighted by atomic mass is 9.94. The van der Waals surface area contributed by atoms with Crippen LogP contribution in [0.25, 0.3) is 0 Å². The van der Waals surface area contributed by atoms with Crippen molar-refractivity contribution in [1.29, 1.82) is 0 Å². The second-order valence-corrected chi connectivity index (χ2v) is 7.22. The zero-order valence-electron chi connectivity index (χ0n) is 16.5. The van der Waals surface area contributed by atoms with Crippen molar-refractivity contribution in [3.05, 3.63) is 35.7 Å². The van der Waals surface area contributed by atoms with Crippen LogP contribution in [0, 0.1) is 5.92 Å². The molecule has 4 rings (SSSR count). The van der Waals surface area contributed by atoms with Crippen LogP contribution < -0.4 is 20.1 Å². The Kier molecular flexibility index (Phi) is 5.55. The van der Waals surface area contributed by atoms with Gasteiger partial charge in [-0.25, -0.2) is 4.79 Å². The maximum atomic E-state index is 12.5. The molecule has 0 aliphatic carbocycles. The van der Waals surface area contributed by atoms with Gasteiger partial charge >= 0.3 is 5.97 Å². The van der Waals surface area contributed by atoms with Crippen molar-refractivity contribution in [2.24, 2.45) is 5.92 Å². The molecule has 0 saturated heterocycles. The molecule has 10 heteroatoms. The number of hydrogen-bond donors (Lipinski definition) is 2. The maximum Gasteiger partial charge on any atom is 0.342 e. The first-order valence-electron chi connectivity index (χ1n) is 9.65. The molecular formula is C20H22N4O6. The number of rotatable bonds is 6. The highest BCUT2D eigenvalue weighted by molar-refractivity contribution is 5.96. The van der Waals surface area contributed by atoms with Crippen LogP contribution in [0.5, 0.6) is 11.5 Å². The largest absolute Gasteiger partial charge is 0.454 e. The fourth-order valence-electron chi connectivity index (χ4n) is 3.51. The van der Waals surface area contributed by atoms with Crippen molar-refractivity contribution in [2.45, 2.75) is 26.3 Å². The lowest BCUT2D eigenvalue weighted by molar-refractivity contribution is -0.119. The lowest BCUT2D eigenvalue weighted by Gasteiger charge is -2.24. The van der Waals surface area contributed by atoms with E-state index in [9.17, 15) is 14.4 Å². The zero-order chi connectivity index (χ0) is 21.1. The van der Waals surface area contributed by atoms with Gasteiger partial charge in [0.25, 0.3) is 5.91 Å². The SMILES string of the molecule is CC(=O)NCC1CCn2ncc(C(=O)OCC(=O)Nc3ccc4c(c3)OCO4)c2C1. The number of esters is 1. The number of benzene rings is 1. The molecule has 2 amide bonds. The van der Waals surface area contributed by atoms with Crippen molar-refractivity contribution in [1.82, 2.24) is 15.1 Å². The van der Waals surface area contributed by atoms with Crippen molar-refractivity contribution in [2.75, 3.05) is 25.3 Å². The Bertz CT molecular complexity index is 986. The number of amides is 2. The van der Waals surface area contributed by atoms with E-state index in [0.717, 1.165) is 12.1 Å². The monoisotopic (exact) mass is 414 g/mol. The Morgan fingerprint density at radius 2 is 2.10 bits per heavy atom. The number of nitrogens with one attached hydrogen (secondary N) is 2. The number of aromatic nitrogens is 2. The molecule has 1 atom stereocenters. The number of carbonyl (C=O) groups is 3. The maximum absolute atomic E-state index is 12.5. The molecule has 0 bridgehead atoms. The zero-order valence-corrected chi connectivity index (χ0v) is 16.5. The van der Waals surface area contributed by atoms with Gasteiger partial charge in [-0.15, -0.1) is 0 Å². The van der Waals surface area contributed by atoms with Crippen molar-refractivity contribution in [3.63, 3.8) is 0 Å². The van der Waals surface area contributed by atoms with Gasteiger partial charge < -0.3 is 24.8 Å². The second kappa shape index (κ2) is 8.44. The standard InChI is InChI=1S/C20H22N4O6/c1-12(25)21-8-13-4-5-24-16(6-13)15(9-22-24)20(27)28-10-19(26)23-14-2-3-17-18(7-14)30-11-29-17/h2-3,7,9,13H,4-6,8,10-11H2,1H3,(H,21,25)(H,23,26). The van der Waals surface area contributed by atoms with Crippen LogP contribution in [0.4, 0.5) is 5.69 Å². The van der Waals surface area contributed by atoms with Gasteiger partial charge in [-0.2, -0.15) is 5.10 Å². The van der Waals surface area contributed by atoms with Crippen molar-refractivity contribution < 1.29 is 28.6 Å². The molecule has 1 aromatic carbocycles. The number of carbonyl (C=O) groups excluding carboxylic acids is 3. The minimum Gasteiger partial charge on any atom is -0.454 e. The predicted octanol–water partition coefficient (Wildman–Crippen LogP) is 1.11. The van der Waals surface area contributed by atoms with E-state index >= 15 is 0 Å². The third kappa shape index (κ3) is 4.37. The first-order chi connectivity index (χ1) is 14.5. The molecular weight excluding hydrogens is 392 g/mol. The quantitative estimate of drug-likeness (QED) is 0.679. The molecule has 2 N–H and O–H groups in total. The van der Waals surface area contributed by atoms with Crippen LogP contribution in [-0.2, 0) is 27.3 Å². The summed E-state index contributed by atoms with van der Waals surface area (Å²) >= 11 is 0. The number of fused-ring (bicyclic) bond motifs is 2. The summed E-state index contributed by atoms with van der Waals surface area (Å²) in [6.07, 6.45) is 2.93. The third-order valence-corrected chi connectivity index (χ3v) is 5.03. The molecule has 0 radical (unpaired) electrons. The fraction of sp³-hybridized carbons (Fsp3) is 0.400. The number of hydrogen-bond acceptors (Lipinski definition) is 7. The lowest BCUT2D eigenvalue weighted by Crippen LogP contribution is -2.32. The van der Waals surface area contributed by atoms with E-state index in [-0.39, 0.29) is 18.6 Å². The molecule has 0 saturated carbocycles. The average molecular weight is 414 g/mol. The van der Waals surface area contributed by atoms with Crippen LogP contribution in [0.1, 0.15) is 29.4 Å². The number of ether oxygens (including phenoxy) is 3. The van der Waals surface area contributed by atoms with Crippen LogP contribution >= 0.6 is 0 Å². The highest BCUT2D eigenvalue weighted by Crippen LogP contribution is 2.34. The summed E-state index contributed by atoms with van der Waals surface area (Å²) < 4.78 is 17.4. The predicted molar refractivity (Wildman–Crippen MR) is 104 cm³/mol. The van der Waals surface area contributed by atoms with Crippen LogP contribution in [-0.4, -0.2) is 47.5 Å². The first kappa shape index (κ1) is 19.7. The summed E-state index contributed by atoms with van der Waals surface area (Å²) in [5, 5.41) is 9.71. The Morgan fingerprint density at radius 3 is 2.93 bits per heavy atom. The van der Waals surface area contributed by atoms with Gasteiger partial charge in [-0.05, 0) is 30.9 Å². The summed E-state index contributed by atoms with van der Waals surface area (Å²) in [5.41, 5.74) is 1.63. The number of anilines is 1. The second-order valence-electron chi connectivity index (χ2n) is 7.22. The highest BCUT2D eigenvalue weighted by atomic mass is 16.7. The molecule has 3 heterocycles. The molecule has 30 heavy (non-hydrogen) atoms. The Hall–Kier alpha value is -3.56. The van der Waals surface area contributed by atoms with E-state index in [1.54, 1.807) is 22.9 Å². The molecule has 158 valence electrons. The highest BCUT2D eigenvalue weighted by Gasteiger charge is 2.26. The van der Waals surface area contributed by atoms with Crippen molar-refractivity contribution >= 4 is 23.5 Å². The third-order valence-electron chi connectivity index (χ3n) is 5.03. The van der Waals surface area contributed by atoms with E-state index in [4.69, 9.17) is 14.2 Å². The summed E-state index contributed by atoms with van der Waals surface area (Å²) in [7, 11) is 0. The normalized spacial score (nSPS) is 16.5. The van der Waals surface area contributed by atoms with Crippen LogP contribution in [0.2, 0.25) is 0 Å². The topological polar surface area (TPSA) is 121 Å². The Balaban J connectivity index is 1.32. The van der Waals surface area contributed by atoms with Crippen LogP contribution in [0.15, 0.2) is 24.4 Å². The van der Waals surface area contributed by atoms with E-state index in [2.05, 4.69) is 15.7 Å². The average Bonchev–Trinajstić information content (AvgIpc) is 3.36. The summed E-state index contributed by atoms with van der Waals surface area (Å²) in [4.78, 5) is 35.8. The van der Waals surface area contributed by atoms with Gasteiger partial charge in [-0.3, -0.25) is 14.3 Å². The molecule has 1 aromatic heterocycles. The van der Waals surface area contributed by atoms with Crippen LogP contribution in [0.3, 0.4) is 0 Å². The van der Waals surface area contributed by atoms with E-state index in [1.807, 2.05) is 0 Å². The molecule has 1 unspecified atom stereocenters. The van der Waals surface area contributed by atoms with E-state index in [1.165, 1.54) is 13.1 Å². The first-order valence-corrected chi connectivity index (χ1v) is 9.65. The summed E-state index contributed by atoms with van der Waals surface area (Å²) in [5.74, 6) is 0.234. The minimum absolute atomic E-state index is 0.0813. The Morgan fingerprint density at radius 1 is 1.27 bits per heavy atom. The van der Waals surface area contributed by atoms with Gasteiger partial charge in [0.05, 0.1) is 11.9 Å². The molecule has 2 aliphatic heterocycles. The number of aryl methyl sites for hydroxylation is 1. The van der Waals surface area contributed by atoms with Crippen molar-refractivity contribution in [3.8, 4) is 11.5 Å². The van der Waals surface area contributed by atoms with E-state index in [0.29, 0.717) is 42.3 Å². The Labute approximate surface area is 172 Å².